The molecule has 2 aliphatic rings. The Morgan fingerprint density at radius 2 is 1.69 bits per heavy atom. The highest BCUT2D eigenvalue weighted by Gasteiger charge is 2.26. The highest BCUT2D eigenvalue weighted by molar-refractivity contribution is 5.14. The summed E-state index contributed by atoms with van der Waals surface area (Å²) < 4.78 is 0. The summed E-state index contributed by atoms with van der Waals surface area (Å²) in [4.78, 5) is 5.40. The molecule has 1 fully saturated rings. The highest BCUT2D eigenvalue weighted by atomic mass is 15.3. The van der Waals surface area contributed by atoms with Crippen LogP contribution in [0.3, 0.4) is 0 Å². The summed E-state index contributed by atoms with van der Waals surface area (Å²) in [6.07, 6.45) is 13.6. The molecule has 0 aromatic heterocycles. The van der Waals surface area contributed by atoms with Gasteiger partial charge in [0.05, 0.1) is 0 Å². The summed E-state index contributed by atoms with van der Waals surface area (Å²) in [6, 6.07) is 11.5. The second kappa shape index (κ2) is 13.3. The average Bonchev–Trinajstić information content (AvgIpc) is 2.78. The molecule has 0 saturated heterocycles. The van der Waals surface area contributed by atoms with Crippen LogP contribution in [0, 0.1) is 17.8 Å². The Labute approximate surface area is 198 Å². The van der Waals surface area contributed by atoms with Gasteiger partial charge in [-0.1, -0.05) is 90.1 Å². The van der Waals surface area contributed by atoms with Gasteiger partial charge in [0.15, 0.2) is 0 Å². The lowest BCUT2D eigenvalue weighted by molar-refractivity contribution is 0.155. The lowest BCUT2D eigenvalue weighted by atomic mass is 9.84. The van der Waals surface area contributed by atoms with E-state index in [2.05, 4.69) is 79.3 Å². The SMILES string of the molecule is CC(C)CCN1CCN([C@@H](CNCc2ccccc2)CC2CCCCC2)C=C1CC(C)C. The molecule has 1 aromatic rings. The van der Waals surface area contributed by atoms with Crippen LogP contribution in [0.4, 0.5) is 0 Å². The summed E-state index contributed by atoms with van der Waals surface area (Å²) in [6.45, 7) is 15.0. The van der Waals surface area contributed by atoms with Crippen LogP contribution in [-0.4, -0.2) is 42.0 Å². The van der Waals surface area contributed by atoms with E-state index >= 15 is 0 Å². The van der Waals surface area contributed by atoms with E-state index in [9.17, 15) is 0 Å². The predicted molar refractivity (Wildman–Crippen MR) is 138 cm³/mol. The molecule has 0 amide bonds. The van der Waals surface area contributed by atoms with Crippen LogP contribution >= 0.6 is 0 Å². The third-order valence-corrected chi connectivity index (χ3v) is 7.29. The molecule has 1 heterocycles. The van der Waals surface area contributed by atoms with Crippen molar-refractivity contribution in [2.24, 2.45) is 17.8 Å². The van der Waals surface area contributed by atoms with E-state index in [4.69, 9.17) is 0 Å². The first kappa shape index (κ1) is 25.1. The Morgan fingerprint density at radius 3 is 2.38 bits per heavy atom. The molecular weight excluding hydrogens is 390 g/mol. The molecule has 3 nitrogen and oxygen atoms in total. The van der Waals surface area contributed by atoms with Crippen molar-refractivity contribution < 1.29 is 0 Å². The smallest absolute Gasteiger partial charge is 0.0413 e. The first-order chi connectivity index (χ1) is 15.5. The summed E-state index contributed by atoms with van der Waals surface area (Å²) in [7, 11) is 0. The Morgan fingerprint density at radius 1 is 0.938 bits per heavy atom. The summed E-state index contributed by atoms with van der Waals surface area (Å²) >= 11 is 0. The van der Waals surface area contributed by atoms with Crippen LogP contribution in [0.5, 0.6) is 0 Å². The minimum atomic E-state index is 0.608. The number of nitrogens with one attached hydrogen (secondary N) is 1. The van der Waals surface area contributed by atoms with Gasteiger partial charge in [-0.25, -0.2) is 0 Å². The fourth-order valence-corrected chi connectivity index (χ4v) is 5.40. The topological polar surface area (TPSA) is 18.5 Å². The molecule has 3 heteroatoms. The average molecular weight is 440 g/mol. The fourth-order valence-electron chi connectivity index (χ4n) is 5.40. The fraction of sp³-hybridized carbons (Fsp3) is 0.724. The molecule has 1 aromatic carbocycles. The Hall–Kier alpha value is -1.48. The van der Waals surface area contributed by atoms with Crippen molar-refractivity contribution in [2.45, 2.75) is 91.6 Å². The molecule has 0 bridgehead atoms. The van der Waals surface area contributed by atoms with Crippen molar-refractivity contribution in [2.75, 3.05) is 26.2 Å². The first-order valence-electron chi connectivity index (χ1n) is 13.5. The highest BCUT2D eigenvalue weighted by Crippen LogP contribution is 2.30. The molecule has 1 N–H and O–H groups in total. The molecule has 1 atom stereocenters. The van der Waals surface area contributed by atoms with Gasteiger partial charge in [0.25, 0.3) is 0 Å². The molecule has 0 radical (unpaired) electrons. The van der Waals surface area contributed by atoms with Crippen LogP contribution < -0.4 is 5.32 Å². The Balaban J connectivity index is 1.68. The Kier molecular flexibility index (Phi) is 10.4. The summed E-state index contributed by atoms with van der Waals surface area (Å²) in [5.74, 6) is 2.39. The van der Waals surface area contributed by atoms with Crippen molar-refractivity contribution in [1.82, 2.24) is 15.1 Å². The molecule has 1 aliphatic carbocycles. The maximum atomic E-state index is 3.81. The van der Waals surface area contributed by atoms with E-state index in [1.807, 2.05) is 0 Å². The van der Waals surface area contributed by atoms with Crippen molar-refractivity contribution in [3.63, 3.8) is 0 Å². The van der Waals surface area contributed by atoms with E-state index in [0.717, 1.165) is 24.9 Å². The van der Waals surface area contributed by atoms with Gasteiger partial charge in [-0.05, 0) is 42.6 Å². The number of nitrogens with zero attached hydrogens (tertiary/aromatic N) is 2. The predicted octanol–water partition coefficient (Wildman–Crippen LogP) is 6.67. The standard InChI is InChI=1S/C29H49N3/c1-24(2)15-16-31-17-18-32(23-29(31)19-25(3)4)28(20-26-11-7-5-8-12-26)22-30-21-27-13-9-6-10-14-27/h6,9-10,13-14,23-26,28,30H,5,7-8,11-12,15-22H2,1-4H3/t28-/m1/s1. The van der Waals surface area contributed by atoms with E-state index in [1.54, 1.807) is 5.70 Å². The maximum Gasteiger partial charge on any atom is 0.0413 e. The second-order valence-corrected chi connectivity index (χ2v) is 11.1. The zero-order valence-electron chi connectivity index (χ0n) is 21.4. The van der Waals surface area contributed by atoms with E-state index in [1.165, 1.54) is 76.6 Å². The quantitative estimate of drug-likeness (QED) is 0.392. The lowest BCUT2D eigenvalue weighted by Crippen LogP contribution is -2.47. The van der Waals surface area contributed by atoms with E-state index in [0.29, 0.717) is 12.0 Å². The summed E-state index contributed by atoms with van der Waals surface area (Å²) in [5.41, 5.74) is 2.96. The van der Waals surface area contributed by atoms with Gasteiger partial charge < -0.3 is 15.1 Å². The van der Waals surface area contributed by atoms with Gasteiger partial charge in [-0.3, -0.25) is 0 Å². The number of hydrogen-bond acceptors (Lipinski definition) is 3. The molecule has 180 valence electrons. The molecule has 3 rings (SSSR count). The van der Waals surface area contributed by atoms with Crippen LogP contribution in [-0.2, 0) is 6.54 Å². The minimum Gasteiger partial charge on any atom is -0.372 e. The van der Waals surface area contributed by atoms with Gasteiger partial charge in [-0.15, -0.1) is 0 Å². The first-order valence-corrected chi connectivity index (χ1v) is 13.5. The van der Waals surface area contributed by atoms with E-state index in [-0.39, 0.29) is 0 Å². The third-order valence-electron chi connectivity index (χ3n) is 7.29. The Bertz CT molecular complexity index is 660. The lowest BCUT2D eigenvalue weighted by Gasteiger charge is -2.42. The van der Waals surface area contributed by atoms with Crippen molar-refractivity contribution >= 4 is 0 Å². The van der Waals surface area contributed by atoms with Gasteiger partial charge in [-0.2, -0.15) is 0 Å². The van der Waals surface area contributed by atoms with Crippen molar-refractivity contribution in [3.8, 4) is 0 Å². The van der Waals surface area contributed by atoms with Crippen molar-refractivity contribution in [3.05, 3.63) is 47.8 Å². The van der Waals surface area contributed by atoms with Crippen molar-refractivity contribution in [1.29, 1.82) is 0 Å². The number of hydrogen-bond donors (Lipinski definition) is 1. The number of rotatable bonds is 12. The maximum absolute atomic E-state index is 3.81. The van der Waals surface area contributed by atoms with E-state index < -0.39 is 0 Å². The number of allylic oxidation sites excluding steroid dienone is 1. The normalized spacial score (nSPS) is 19.0. The molecular formula is C29H49N3. The number of benzene rings is 1. The van der Waals surface area contributed by atoms with Crippen LogP contribution in [0.1, 0.15) is 84.6 Å². The summed E-state index contributed by atoms with van der Waals surface area (Å²) in [5, 5.41) is 3.81. The molecule has 0 unspecified atom stereocenters. The van der Waals surface area contributed by atoms with Crippen LogP contribution in [0.2, 0.25) is 0 Å². The minimum absolute atomic E-state index is 0.608. The largest absolute Gasteiger partial charge is 0.372 e. The van der Waals surface area contributed by atoms with Gasteiger partial charge in [0.2, 0.25) is 0 Å². The van der Waals surface area contributed by atoms with Gasteiger partial charge >= 0.3 is 0 Å². The van der Waals surface area contributed by atoms with Crippen LogP contribution in [0.25, 0.3) is 0 Å². The van der Waals surface area contributed by atoms with Gasteiger partial charge in [0, 0.05) is 50.7 Å². The zero-order chi connectivity index (χ0) is 22.8. The zero-order valence-corrected chi connectivity index (χ0v) is 21.4. The third kappa shape index (κ3) is 8.46. The molecule has 1 aliphatic heterocycles. The molecule has 32 heavy (non-hydrogen) atoms. The monoisotopic (exact) mass is 439 g/mol. The van der Waals surface area contributed by atoms with Crippen LogP contribution in [0.15, 0.2) is 42.2 Å². The second-order valence-electron chi connectivity index (χ2n) is 11.1. The van der Waals surface area contributed by atoms with Gasteiger partial charge in [0.1, 0.15) is 0 Å². The molecule has 0 spiro atoms. The molecule has 1 saturated carbocycles.